The molecule has 0 saturated carbocycles. The predicted molar refractivity (Wildman–Crippen MR) is 99.4 cm³/mol. The molecule has 0 aliphatic carbocycles. The minimum atomic E-state index is 0.312. The van der Waals surface area contributed by atoms with Crippen molar-refractivity contribution in [3.05, 3.63) is 64.0 Å². The van der Waals surface area contributed by atoms with Crippen LogP contribution in [-0.2, 0) is 17.8 Å². The quantitative estimate of drug-likeness (QED) is 0.632. The molecule has 1 aliphatic heterocycles. The maximum atomic E-state index is 5.77. The first-order valence-corrected chi connectivity index (χ1v) is 9.49. The molecule has 3 aromatic rings. The van der Waals surface area contributed by atoms with Crippen LogP contribution < -0.4 is 0 Å². The van der Waals surface area contributed by atoms with Gasteiger partial charge in [-0.1, -0.05) is 35.5 Å². The van der Waals surface area contributed by atoms with E-state index in [1.807, 2.05) is 47.7 Å². The van der Waals surface area contributed by atoms with Gasteiger partial charge in [-0.05, 0) is 32.0 Å². The van der Waals surface area contributed by atoms with E-state index >= 15 is 0 Å². The minimum absolute atomic E-state index is 0.312. The summed E-state index contributed by atoms with van der Waals surface area (Å²) in [5, 5.41) is 4.19. The summed E-state index contributed by atoms with van der Waals surface area (Å²) in [4.78, 5) is 4.96. The van der Waals surface area contributed by atoms with Crippen molar-refractivity contribution in [2.75, 3.05) is 13.7 Å². The third-order valence-corrected chi connectivity index (χ3v) is 5.57. The number of ether oxygens (including phenoxy) is 1. The van der Waals surface area contributed by atoms with E-state index in [0.29, 0.717) is 6.10 Å². The van der Waals surface area contributed by atoms with Crippen LogP contribution in [0, 0.1) is 0 Å². The summed E-state index contributed by atoms with van der Waals surface area (Å²) in [5.41, 5.74) is 1.97. The Balaban J connectivity index is 1.36. The highest BCUT2D eigenvalue weighted by molar-refractivity contribution is 7.12. The van der Waals surface area contributed by atoms with Gasteiger partial charge in [-0.3, -0.25) is 4.90 Å². The predicted octanol–water partition coefficient (Wildman–Crippen LogP) is 4.89. The average molecular weight is 354 g/mol. The zero-order valence-corrected chi connectivity index (χ0v) is 15.2. The molecule has 5 heteroatoms. The Bertz CT molecular complexity index is 806. The van der Waals surface area contributed by atoms with Gasteiger partial charge in [0.15, 0.2) is 5.76 Å². The number of hydrogen-bond donors (Lipinski definition) is 0. The molecule has 4 rings (SSSR count). The SMILES string of the molecule is CN(Cc1cc(-c2ccccc2)no1)Cc1ccc([C@@H]2CCCO2)s1. The molecule has 4 nitrogen and oxygen atoms in total. The van der Waals surface area contributed by atoms with E-state index in [1.54, 1.807) is 0 Å². The van der Waals surface area contributed by atoms with Gasteiger partial charge in [0.25, 0.3) is 0 Å². The van der Waals surface area contributed by atoms with Crippen LogP contribution in [-0.4, -0.2) is 23.7 Å². The topological polar surface area (TPSA) is 38.5 Å². The number of rotatable bonds is 6. The number of hydrogen-bond acceptors (Lipinski definition) is 5. The van der Waals surface area contributed by atoms with Gasteiger partial charge < -0.3 is 9.26 Å². The van der Waals surface area contributed by atoms with Crippen molar-refractivity contribution in [3.8, 4) is 11.3 Å². The molecule has 1 atom stereocenters. The second-order valence-corrected chi connectivity index (χ2v) is 7.72. The maximum Gasteiger partial charge on any atom is 0.151 e. The van der Waals surface area contributed by atoms with Crippen molar-refractivity contribution in [3.63, 3.8) is 0 Å². The summed E-state index contributed by atoms with van der Waals surface area (Å²) >= 11 is 1.86. The Morgan fingerprint density at radius 2 is 2.04 bits per heavy atom. The average Bonchev–Trinajstić information content (AvgIpc) is 3.37. The summed E-state index contributed by atoms with van der Waals surface area (Å²) in [6.45, 7) is 2.54. The first-order chi connectivity index (χ1) is 12.3. The molecule has 25 heavy (non-hydrogen) atoms. The molecule has 1 aliphatic rings. The molecule has 130 valence electrons. The van der Waals surface area contributed by atoms with E-state index in [1.165, 1.54) is 16.2 Å². The van der Waals surface area contributed by atoms with E-state index in [-0.39, 0.29) is 0 Å². The van der Waals surface area contributed by atoms with Gasteiger partial charge in [0.1, 0.15) is 5.69 Å². The van der Waals surface area contributed by atoms with Crippen molar-refractivity contribution in [2.45, 2.75) is 32.0 Å². The lowest BCUT2D eigenvalue weighted by Gasteiger charge is -2.13. The molecule has 0 unspecified atom stereocenters. The van der Waals surface area contributed by atoms with E-state index < -0.39 is 0 Å². The first-order valence-electron chi connectivity index (χ1n) is 8.68. The summed E-state index contributed by atoms with van der Waals surface area (Å²) in [6.07, 6.45) is 2.63. The lowest BCUT2D eigenvalue weighted by Crippen LogP contribution is -2.16. The lowest BCUT2D eigenvalue weighted by molar-refractivity contribution is 0.114. The van der Waals surface area contributed by atoms with Crippen LogP contribution in [0.5, 0.6) is 0 Å². The van der Waals surface area contributed by atoms with E-state index in [2.05, 4.69) is 29.2 Å². The van der Waals surface area contributed by atoms with Crippen molar-refractivity contribution in [2.24, 2.45) is 0 Å². The maximum absolute atomic E-state index is 5.77. The molecular weight excluding hydrogens is 332 g/mol. The zero-order valence-electron chi connectivity index (χ0n) is 14.4. The van der Waals surface area contributed by atoms with E-state index in [0.717, 1.165) is 43.1 Å². The first kappa shape index (κ1) is 16.5. The lowest BCUT2D eigenvalue weighted by atomic mass is 10.1. The van der Waals surface area contributed by atoms with Crippen molar-refractivity contribution in [1.29, 1.82) is 0 Å². The molecule has 1 saturated heterocycles. The van der Waals surface area contributed by atoms with E-state index in [4.69, 9.17) is 9.26 Å². The third-order valence-electron chi connectivity index (χ3n) is 4.41. The van der Waals surface area contributed by atoms with Gasteiger partial charge in [0.2, 0.25) is 0 Å². The fourth-order valence-corrected chi connectivity index (χ4v) is 4.35. The van der Waals surface area contributed by atoms with Crippen LogP contribution in [0.2, 0.25) is 0 Å². The summed E-state index contributed by atoms with van der Waals surface area (Å²) < 4.78 is 11.3. The molecule has 0 N–H and O–H groups in total. The van der Waals surface area contributed by atoms with Gasteiger partial charge in [-0.2, -0.15) is 0 Å². The van der Waals surface area contributed by atoms with Gasteiger partial charge >= 0.3 is 0 Å². The highest BCUT2D eigenvalue weighted by Gasteiger charge is 2.19. The van der Waals surface area contributed by atoms with Gasteiger partial charge in [0, 0.05) is 34.5 Å². The van der Waals surface area contributed by atoms with Gasteiger partial charge in [0.05, 0.1) is 12.6 Å². The number of nitrogens with zero attached hydrogens (tertiary/aromatic N) is 2. The smallest absolute Gasteiger partial charge is 0.151 e. The van der Waals surface area contributed by atoms with Crippen LogP contribution in [0.4, 0.5) is 0 Å². The molecular formula is C20H22N2O2S. The fraction of sp³-hybridized carbons (Fsp3) is 0.350. The summed E-state index contributed by atoms with van der Waals surface area (Å²) in [7, 11) is 2.11. The molecule has 2 aromatic heterocycles. The molecule has 1 aromatic carbocycles. The van der Waals surface area contributed by atoms with Crippen LogP contribution >= 0.6 is 11.3 Å². The molecule has 0 amide bonds. The Labute approximate surface area is 152 Å². The minimum Gasteiger partial charge on any atom is -0.373 e. The summed E-state index contributed by atoms with van der Waals surface area (Å²) in [6, 6.07) is 16.6. The molecule has 0 radical (unpaired) electrons. The van der Waals surface area contributed by atoms with E-state index in [9.17, 15) is 0 Å². The van der Waals surface area contributed by atoms with Crippen LogP contribution in [0.25, 0.3) is 11.3 Å². The molecule has 1 fully saturated rings. The van der Waals surface area contributed by atoms with Crippen molar-refractivity contribution < 1.29 is 9.26 Å². The second-order valence-electron chi connectivity index (χ2n) is 6.52. The number of thiophene rings is 1. The van der Waals surface area contributed by atoms with Gasteiger partial charge in [-0.25, -0.2) is 0 Å². The Morgan fingerprint density at radius 3 is 2.84 bits per heavy atom. The third kappa shape index (κ3) is 4.00. The second kappa shape index (κ2) is 7.52. The zero-order chi connectivity index (χ0) is 17.1. The van der Waals surface area contributed by atoms with Crippen LogP contribution in [0.15, 0.2) is 53.1 Å². The fourth-order valence-electron chi connectivity index (χ4n) is 3.17. The molecule has 0 bridgehead atoms. The largest absolute Gasteiger partial charge is 0.373 e. The Kier molecular flexibility index (Phi) is 4.97. The normalized spacial score (nSPS) is 17.4. The standard InChI is InChI=1S/C20H22N2O2S/c1-22(14-17-9-10-20(25-17)19-8-5-11-23-19)13-16-12-18(21-24-16)15-6-3-2-4-7-15/h2-4,6-7,9-10,12,19H,5,8,11,13-14H2,1H3/t19-/m0/s1. The van der Waals surface area contributed by atoms with Crippen molar-refractivity contribution in [1.82, 2.24) is 10.1 Å². The summed E-state index contributed by atoms with van der Waals surface area (Å²) in [5.74, 6) is 0.886. The molecule has 3 heterocycles. The monoisotopic (exact) mass is 354 g/mol. The van der Waals surface area contributed by atoms with Crippen LogP contribution in [0.3, 0.4) is 0 Å². The van der Waals surface area contributed by atoms with Crippen LogP contribution in [0.1, 0.15) is 34.5 Å². The Morgan fingerprint density at radius 1 is 1.16 bits per heavy atom. The van der Waals surface area contributed by atoms with Crippen molar-refractivity contribution >= 4 is 11.3 Å². The Hall–Kier alpha value is -1.95. The highest BCUT2D eigenvalue weighted by Crippen LogP contribution is 2.33. The molecule has 0 spiro atoms. The highest BCUT2D eigenvalue weighted by atomic mass is 32.1. The number of aromatic nitrogens is 1. The van der Waals surface area contributed by atoms with Gasteiger partial charge in [-0.15, -0.1) is 11.3 Å². The number of benzene rings is 1.